The highest BCUT2D eigenvalue weighted by atomic mass is 32.1. The first-order chi connectivity index (χ1) is 14.3. The average molecular weight is 428 g/mol. The van der Waals surface area contributed by atoms with Crippen LogP contribution >= 0.6 is 12.2 Å². The van der Waals surface area contributed by atoms with Gasteiger partial charge in [0, 0.05) is 11.7 Å². The summed E-state index contributed by atoms with van der Waals surface area (Å²) in [6, 6.07) is 8.68. The summed E-state index contributed by atoms with van der Waals surface area (Å²) in [5.41, 5.74) is 10.1. The molecule has 3 N–H and O–H groups in total. The molecule has 2 aromatic rings. The van der Waals surface area contributed by atoms with Crippen LogP contribution in [0.25, 0.3) is 0 Å². The molecule has 1 amide bonds. The van der Waals surface area contributed by atoms with Gasteiger partial charge < -0.3 is 5.32 Å². The van der Waals surface area contributed by atoms with Crippen molar-refractivity contribution in [3.05, 3.63) is 52.3 Å². The van der Waals surface area contributed by atoms with E-state index in [0.717, 1.165) is 17.7 Å². The van der Waals surface area contributed by atoms with E-state index in [1.807, 2.05) is 18.5 Å². The Balaban J connectivity index is 1.59. The van der Waals surface area contributed by atoms with Crippen LogP contribution in [0.2, 0.25) is 0 Å². The summed E-state index contributed by atoms with van der Waals surface area (Å²) in [5.74, 6) is 1.01. The molecule has 1 aromatic heterocycles. The van der Waals surface area contributed by atoms with Crippen LogP contribution < -0.4 is 16.2 Å². The van der Waals surface area contributed by atoms with Gasteiger partial charge in [0.15, 0.2) is 5.11 Å². The lowest BCUT2D eigenvalue weighted by Crippen LogP contribution is -2.52. The highest BCUT2D eigenvalue weighted by Gasteiger charge is 2.27. The standard InChI is InChI=1S/C23H33N5OS/c1-14-9-11-19(12-10-14)13-28-18(5)21(17(4)27-28)22(29)25-26-23(30)24-20-8-6-7-15(2)16(20)3/h9-12,15-16,20H,6-8,13H2,1-5H3,(H,25,29)(H2,24,26,30)/t15-,16-,20-/m0/s1. The number of thiocarbonyl (C=S) groups is 1. The van der Waals surface area contributed by atoms with E-state index in [1.54, 1.807) is 0 Å². The van der Waals surface area contributed by atoms with E-state index >= 15 is 0 Å². The van der Waals surface area contributed by atoms with Crippen LogP contribution in [0.3, 0.4) is 0 Å². The molecule has 30 heavy (non-hydrogen) atoms. The third-order valence-electron chi connectivity index (χ3n) is 6.37. The SMILES string of the molecule is Cc1ccc(Cn2nc(C)c(C(=O)NNC(=S)N[C@H]3CCC[C@H](C)[C@@H]3C)c2C)cc1. The van der Waals surface area contributed by atoms with Gasteiger partial charge in [0.25, 0.3) is 5.91 Å². The first-order valence-electron chi connectivity index (χ1n) is 10.7. The number of amides is 1. The first kappa shape index (κ1) is 22.3. The van der Waals surface area contributed by atoms with Crippen molar-refractivity contribution in [1.82, 2.24) is 25.9 Å². The van der Waals surface area contributed by atoms with Crippen molar-refractivity contribution in [2.75, 3.05) is 0 Å². The molecule has 6 nitrogen and oxygen atoms in total. The number of aryl methyl sites for hydroxylation is 2. The van der Waals surface area contributed by atoms with Crippen molar-refractivity contribution in [2.24, 2.45) is 11.8 Å². The van der Waals surface area contributed by atoms with E-state index in [1.165, 1.54) is 18.4 Å². The maximum absolute atomic E-state index is 12.8. The molecule has 1 aliphatic rings. The second-order valence-electron chi connectivity index (χ2n) is 8.62. The average Bonchev–Trinajstić information content (AvgIpc) is 2.98. The number of rotatable bonds is 4. The number of carbonyl (C=O) groups excluding carboxylic acids is 1. The fraction of sp³-hybridized carbons (Fsp3) is 0.522. The van der Waals surface area contributed by atoms with E-state index in [2.05, 4.69) is 66.3 Å². The Bertz CT molecular complexity index is 905. The zero-order chi connectivity index (χ0) is 21.8. The molecule has 1 aliphatic carbocycles. The summed E-state index contributed by atoms with van der Waals surface area (Å²) >= 11 is 5.41. The summed E-state index contributed by atoms with van der Waals surface area (Å²) in [6.45, 7) is 11.0. The highest BCUT2D eigenvalue weighted by molar-refractivity contribution is 7.80. The van der Waals surface area contributed by atoms with Crippen LogP contribution in [0.5, 0.6) is 0 Å². The fourth-order valence-electron chi connectivity index (χ4n) is 4.21. The number of nitrogens with zero attached hydrogens (tertiary/aromatic N) is 2. The quantitative estimate of drug-likeness (QED) is 0.512. The van der Waals surface area contributed by atoms with Gasteiger partial charge in [-0.25, -0.2) is 0 Å². The van der Waals surface area contributed by atoms with Gasteiger partial charge in [-0.15, -0.1) is 0 Å². The lowest BCUT2D eigenvalue weighted by atomic mass is 9.78. The molecule has 0 bridgehead atoms. The summed E-state index contributed by atoms with van der Waals surface area (Å²) in [7, 11) is 0. The van der Waals surface area contributed by atoms with Gasteiger partial charge in [0.2, 0.25) is 0 Å². The van der Waals surface area contributed by atoms with E-state index in [0.29, 0.717) is 40.8 Å². The predicted molar refractivity (Wildman–Crippen MR) is 124 cm³/mol. The van der Waals surface area contributed by atoms with Crippen LogP contribution in [0.1, 0.15) is 66.0 Å². The fourth-order valence-corrected chi connectivity index (χ4v) is 4.41. The summed E-state index contributed by atoms with van der Waals surface area (Å²) in [4.78, 5) is 12.8. The van der Waals surface area contributed by atoms with Gasteiger partial charge in [-0.2, -0.15) is 5.10 Å². The van der Waals surface area contributed by atoms with Crippen LogP contribution in [0, 0.1) is 32.6 Å². The molecular weight excluding hydrogens is 394 g/mol. The summed E-state index contributed by atoms with van der Waals surface area (Å²) < 4.78 is 1.87. The number of carbonyl (C=O) groups is 1. The Morgan fingerprint density at radius 3 is 2.53 bits per heavy atom. The molecule has 0 aliphatic heterocycles. The number of hydrogen-bond acceptors (Lipinski definition) is 3. The normalized spacial score (nSPS) is 21.2. The van der Waals surface area contributed by atoms with Crippen LogP contribution in [-0.2, 0) is 6.54 Å². The number of hydrazine groups is 1. The molecule has 7 heteroatoms. The Morgan fingerprint density at radius 1 is 1.13 bits per heavy atom. The molecular formula is C23H33N5OS. The zero-order valence-corrected chi connectivity index (χ0v) is 19.4. The predicted octanol–water partition coefficient (Wildman–Crippen LogP) is 3.79. The van der Waals surface area contributed by atoms with E-state index < -0.39 is 0 Å². The lowest BCUT2D eigenvalue weighted by molar-refractivity contribution is 0.0942. The number of benzene rings is 1. The molecule has 1 heterocycles. The van der Waals surface area contributed by atoms with E-state index in [-0.39, 0.29) is 5.91 Å². The van der Waals surface area contributed by atoms with Crippen molar-refractivity contribution >= 4 is 23.2 Å². The minimum atomic E-state index is -0.227. The van der Waals surface area contributed by atoms with E-state index in [9.17, 15) is 4.79 Å². The second-order valence-corrected chi connectivity index (χ2v) is 9.02. The Morgan fingerprint density at radius 2 is 1.83 bits per heavy atom. The summed E-state index contributed by atoms with van der Waals surface area (Å²) in [6.07, 6.45) is 3.57. The Kier molecular flexibility index (Phi) is 7.13. The van der Waals surface area contributed by atoms with Crippen molar-refractivity contribution in [3.63, 3.8) is 0 Å². The van der Waals surface area contributed by atoms with E-state index in [4.69, 9.17) is 12.2 Å². The van der Waals surface area contributed by atoms with Crippen molar-refractivity contribution < 1.29 is 4.79 Å². The maximum atomic E-state index is 12.8. The molecule has 3 rings (SSSR count). The van der Waals surface area contributed by atoms with Crippen molar-refractivity contribution in [2.45, 2.75) is 66.5 Å². The molecule has 1 saturated carbocycles. The second kappa shape index (κ2) is 9.60. The van der Waals surface area contributed by atoms with Crippen LogP contribution in [0.15, 0.2) is 24.3 Å². The molecule has 162 valence electrons. The van der Waals surface area contributed by atoms with Crippen LogP contribution in [0.4, 0.5) is 0 Å². The highest BCUT2D eigenvalue weighted by Crippen LogP contribution is 2.29. The molecule has 0 radical (unpaired) electrons. The minimum Gasteiger partial charge on any atom is -0.358 e. The first-order valence-corrected chi connectivity index (χ1v) is 11.1. The maximum Gasteiger partial charge on any atom is 0.273 e. The van der Waals surface area contributed by atoms with Crippen LogP contribution in [-0.4, -0.2) is 26.8 Å². The lowest BCUT2D eigenvalue weighted by Gasteiger charge is -2.35. The molecule has 3 atom stereocenters. The molecule has 0 saturated heterocycles. The number of aromatic nitrogens is 2. The summed E-state index contributed by atoms with van der Waals surface area (Å²) in [5, 5.41) is 8.39. The minimum absolute atomic E-state index is 0.227. The Labute approximate surface area is 184 Å². The third-order valence-corrected chi connectivity index (χ3v) is 6.59. The smallest absolute Gasteiger partial charge is 0.273 e. The molecule has 0 unspecified atom stereocenters. The third kappa shape index (κ3) is 5.19. The van der Waals surface area contributed by atoms with Gasteiger partial charge in [-0.3, -0.25) is 20.3 Å². The van der Waals surface area contributed by atoms with Gasteiger partial charge in [0.05, 0.1) is 17.8 Å². The largest absolute Gasteiger partial charge is 0.358 e. The van der Waals surface area contributed by atoms with Crippen molar-refractivity contribution in [3.8, 4) is 0 Å². The molecule has 1 aromatic carbocycles. The van der Waals surface area contributed by atoms with Gasteiger partial charge in [-0.1, -0.05) is 56.5 Å². The topological polar surface area (TPSA) is 71.0 Å². The molecule has 0 spiro atoms. The zero-order valence-electron chi connectivity index (χ0n) is 18.6. The monoisotopic (exact) mass is 427 g/mol. The van der Waals surface area contributed by atoms with Crippen molar-refractivity contribution in [1.29, 1.82) is 0 Å². The molecule has 1 fully saturated rings. The Hall–Kier alpha value is -2.41. The van der Waals surface area contributed by atoms with Gasteiger partial charge >= 0.3 is 0 Å². The van der Waals surface area contributed by atoms with Gasteiger partial charge in [0.1, 0.15) is 0 Å². The number of hydrogen-bond donors (Lipinski definition) is 3. The number of nitrogens with one attached hydrogen (secondary N) is 3. The van der Waals surface area contributed by atoms with Gasteiger partial charge in [-0.05, 0) is 56.8 Å².